The van der Waals surface area contributed by atoms with Gasteiger partial charge < -0.3 is 15.4 Å². The molecule has 1 aliphatic heterocycles. The van der Waals surface area contributed by atoms with Crippen LogP contribution in [-0.4, -0.2) is 38.3 Å². The summed E-state index contributed by atoms with van der Waals surface area (Å²) in [6, 6.07) is 0. The lowest BCUT2D eigenvalue weighted by Gasteiger charge is -2.22. The molecule has 0 aromatic heterocycles. The first-order valence-corrected chi connectivity index (χ1v) is 7.35. The fourth-order valence-electron chi connectivity index (χ4n) is 2.20. The average molecular weight is 256 g/mol. The summed E-state index contributed by atoms with van der Waals surface area (Å²) < 4.78 is 5.71. The van der Waals surface area contributed by atoms with Gasteiger partial charge in [-0.15, -0.1) is 0 Å². The summed E-state index contributed by atoms with van der Waals surface area (Å²) in [6.45, 7) is 7.76. The third-order valence-electron chi connectivity index (χ3n) is 3.71. The monoisotopic (exact) mass is 256 g/mol. The minimum absolute atomic E-state index is 0.121. The molecule has 4 heteroatoms. The lowest BCUT2D eigenvalue weighted by Crippen LogP contribution is -2.34. The Morgan fingerprint density at radius 1 is 1.33 bits per heavy atom. The molecule has 0 saturated carbocycles. The van der Waals surface area contributed by atoms with Gasteiger partial charge in [0, 0.05) is 13.0 Å². The van der Waals surface area contributed by atoms with Crippen LogP contribution in [-0.2, 0) is 9.53 Å². The van der Waals surface area contributed by atoms with Gasteiger partial charge in [0.2, 0.25) is 5.91 Å². The number of carbonyl (C=O) groups excluding carboxylic acids is 1. The van der Waals surface area contributed by atoms with Gasteiger partial charge in [0.1, 0.15) is 0 Å². The molecule has 1 rings (SSSR count). The van der Waals surface area contributed by atoms with Crippen LogP contribution in [0.4, 0.5) is 0 Å². The molecule has 1 saturated heterocycles. The number of amides is 1. The summed E-state index contributed by atoms with van der Waals surface area (Å²) in [5, 5.41) is 6.29. The molecule has 0 radical (unpaired) electrons. The highest BCUT2D eigenvalue weighted by molar-refractivity contribution is 5.75. The van der Waals surface area contributed by atoms with Crippen LogP contribution in [0.25, 0.3) is 0 Å². The predicted molar refractivity (Wildman–Crippen MR) is 73.5 cm³/mol. The molecule has 0 aromatic rings. The maximum absolute atomic E-state index is 11.6. The van der Waals surface area contributed by atoms with Crippen LogP contribution in [0.2, 0.25) is 0 Å². The van der Waals surface area contributed by atoms with Gasteiger partial charge in [0.05, 0.1) is 12.7 Å². The number of carbonyl (C=O) groups is 1. The highest BCUT2D eigenvalue weighted by Gasteiger charge is 2.13. The zero-order valence-electron chi connectivity index (χ0n) is 11.8. The quantitative estimate of drug-likeness (QED) is 0.695. The SMILES string of the molecule is CCC(CC)CNC(=O)CCOC1CCNCC1. The Morgan fingerprint density at radius 3 is 2.61 bits per heavy atom. The van der Waals surface area contributed by atoms with E-state index in [-0.39, 0.29) is 5.91 Å². The first-order valence-electron chi connectivity index (χ1n) is 7.35. The summed E-state index contributed by atoms with van der Waals surface area (Å²) in [5.41, 5.74) is 0. The molecule has 0 aromatic carbocycles. The van der Waals surface area contributed by atoms with Gasteiger partial charge >= 0.3 is 0 Å². The minimum Gasteiger partial charge on any atom is -0.378 e. The summed E-state index contributed by atoms with van der Waals surface area (Å²) in [4.78, 5) is 11.6. The first-order chi connectivity index (χ1) is 8.76. The van der Waals surface area contributed by atoms with Gasteiger partial charge in [-0.1, -0.05) is 26.7 Å². The summed E-state index contributed by atoms with van der Waals surface area (Å²) >= 11 is 0. The molecule has 1 amide bonds. The van der Waals surface area contributed by atoms with Gasteiger partial charge in [0.25, 0.3) is 0 Å². The second kappa shape index (κ2) is 9.34. The normalized spacial score (nSPS) is 17.1. The van der Waals surface area contributed by atoms with Crippen molar-refractivity contribution < 1.29 is 9.53 Å². The van der Waals surface area contributed by atoms with E-state index in [9.17, 15) is 4.79 Å². The van der Waals surface area contributed by atoms with Gasteiger partial charge in [-0.25, -0.2) is 0 Å². The van der Waals surface area contributed by atoms with Gasteiger partial charge in [-0.05, 0) is 31.8 Å². The zero-order chi connectivity index (χ0) is 13.2. The molecular weight excluding hydrogens is 228 g/mol. The van der Waals surface area contributed by atoms with E-state index in [1.54, 1.807) is 0 Å². The van der Waals surface area contributed by atoms with Crippen molar-refractivity contribution in [2.75, 3.05) is 26.2 Å². The number of nitrogens with one attached hydrogen (secondary N) is 2. The number of hydrogen-bond acceptors (Lipinski definition) is 3. The van der Waals surface area contributed by atoms with Crippen LogP contribution in [0, 0.1) is 5.92 Å². The molecule has 2 N–H and O–H groups in total. The molecule has 1 heterocycles. The van der Waals surface area contributed by atoms with E-state index in [1.807, 2.05) is 0 Å². The Hall–Kier alpha value is -0.610. The molecule has 0 unspecified atom stereocenters. The Morgan fingerprint density at radius 2 is 2.00 bits per heavy atom. The maximum atomic E-state index is 11.6. The third-order valence-corrected chi connectivity index (χ3v) is 3.71. The Bertz CT molecular complexity index is 224. The molecule has 106 valence electrons. The molecule has 1 aliphatic rings. The average Bonchev–Trinajstić information content (AvgIpc) is 2.41. The predicted octanol–water partition coefficient (Wildman–Crippen LogP) is 1.70. The van der Waals surface area contributed by atoms with E-state index >= 15 is 0 Å². The largest absolute Gasteiger partial charge is 0.378 e. The van der Waals surface area contributed by atoms with Gasteiger partial charge in [-0.3, -0.25) is 4.79 Å². The van der Waals surface area contributed by atoms with E-state index < -0.39 is 0 Å². The van der Waals surface area contributed by atoms with Crippen molar-refractivity contribution in [3.63, 3.8) is 0 Å². The molecule has 0 bridgehead atoms. The second-order valence-corrected chi connectivity index (χ2v) is 5.06. The van der Waals surface area contributed by atoms with E-state index in [0.717, 1.165) is 45.3 Å². The lowest BCUT2D eigenvalue weighted by atomic mass is 10.0. The number of ether oxygens (including phenoxy) is 1. The molecule has 18 heavy (non-hydrogen) atoms. The second-order valence-electron chi connectivity index (χ2n) is 5.06. The first kappa shape index (κ1) is 15.4. The third kappa shape index (κ3) is 6.36. The molecule has 4 nitrogen and oxygen atoms in total. The van der Waals surface area contributed by atoms with Gasteiger partial charge in [0.15, 0.2) is 0 Å². The Labute approximate surface area is 111 Å². The van der Waals surface area contributed by atoms with Crippen LogP contribution < -0.4 is 10.6 Å². The summed E-state index contributed by atoms with van der Waals surface area (Å²) in [5.74, 6) is 0.732. The van der Waals surface area contributed by atoms with E-state index in [4.69, 9.17) is 4.74 Å². The standard InChI is InChI=1S/C14H28N2O2/c1-3-12(4-2)11-16-14(17)7-10-18-13-5-8-15-9-6-13/h12-13,15H,3-11H2,1-2H3,(H,16,17). The lowest BCUT2D eigenvalue weighted by molar-refractivity contribution is -0.122. The minimum atomic E-state index is 0.121. The van der Waals surface area contributed by atoms with Crippen LogP contribution in [0.15, 0.2) is 0 Å². The van der Waals surface area contributed by atoms with Crippen molar-refractivity contribution in [3.8, 4) is 0 Å². The summed E-state index contributed by atoms with van der Waals surface area (Å²) in [7, 11) is 0. The molecular formula is C14H28N2O2. The molecule has 0 spiro atoms. The number of hydrogen-bond donors (Lipinski definition) is 2. The van der Waals surface area contributed by atoms with E-state index in [0.29, 0.717) is 25.0 Å². The van der Waals surface area contributed by atoms with E-state index in [2.05, 4.69) is 24.5 Å². The van der Waals surface area contributed by atoms with Crippen molar-refractivity contribution in [2.45, 2.75) is 52.1 Å². The van der Waals surface area contributed by atoms with Crippen molar-refractivity contribution in [1.82, 2.24) is 10.6 Å². The van der Waals surface area contributed by atoms with E-state index in [1.165, 1.54) is 0 Å². The van der Waals surface area contributed by atoms with Crippen LogP contribution in [0.5, 0.6) is 0 Å². The number of rotatable bonds is 8. The van der Waals surface area contributed by atoms with Crippen LogP contribution in [0.1, 0.15) is 46.0 Å². The maximum Gasteiger partial charge on any atom is 0.222 e. The van der Waals surface area contributed by atoms with Crippen molar-refractivity contribution in [3.05, 3.63) is 0 Å². The van der Waals surface area contributed by atoms with Crippen LogP contribution >= 0.6 is 0 Å². The summed E-state index contributed by atoms with van der Waals surface area (Å²) in [6.07, 6.45) is 5.22. The van der Waals surface area contributed by atoms with Crippen LogP contribution in [0.3, 0.4) is 0 Å². The van der Waals surface area contributed by atoms with Gasteiger partial charge in [-0.2, -0.15) is 0 Å². The Balaban J connectivity index is 2.02. The van der Waals surface area contributed by atoms with Crippen molar-refractivity contribution in [2.24, 2.45) is 5.92 Å². The van der Waals surface area contributed by atoms with Crippen molar-refractivity contribution in [1.29, 1.82) is 0 Å². The van der Waals surface area contributed by atoms with Crippen molar-refractivity contribution >= 4 is 5.91 Å². The smallest absolute Gasteiger partial charge is 0.222 e. The molecule has 0 atom stereocenters. The molecule has 1 fully saturated rings. The molecule has 0 aliphatic carbocycles. The fraction of sp³-hybridized carbons (Fsp3) is 0.929. The topological polar surface area (TPSA) is 50.4 Å². The fourth-order valence-corrected chi connectivity index (χ4v) is 2.20. The highest BCUT2D eigenvalue weighted by Crippen LogP contribution is 2.08. The zero-order valence-corrected chi connectivity index (χ0v) is 11.8. The number of piperidine rings is 1. The highest BCUT2D eigenvalue weighted by atomic mass is 16.5. The Kier molecular flexibility index (Phi) is 8.01.